The fourth-order valence-electron chi connectivity index (χ4n) is 2.70. The molecule has 1 aliphatic rings. The summed E-state index contributed by atoms with van der Waals surface area (Å²) in [4.78, 5) is 12.4. The lowest BCUT2D eigenvalue weighted by Gasteiger charge is -2.25. The van der Waals surface area contributed by atoms with E-state index >= 15 is 0 Å². The number of hydrogen-bond donors (Lipinski definition) is 0. The molecule has 2 aromatic carbocycles. The van der Waals surface area contributed by atoms with E-state index in [1.165, 1.54) is 5.56 Å². The number of ether oxygens (including phenoxy) is 1. The van der Waals surface area contributed by atoms with Gasteiger partial charge in [0.15, 0.2) is 5.78 Å². The van der Waals surface area contributed by atoms with E-state index in [-0.39, 0.29) is 11.9 Å². The molecule has 1 unspecified atom stereocenters. The molecule has 3 rings (SSSR count). The Morgan fingerprint density at radius 3 is 2.90 bits per heavy atom. The van der Waals surface area contributed by atoms with E-state index in [0.29, 0.717) is 23.6 Å². The molecule has 2 nitrogen and oxygen atoms in total. The Kier molecular flexibility index (Phi) is 4.09. The summed E-state index contributed by atoms with van der Waals surface area (Å²) in [7, 11) is 0. The lowest BCUT2D eigenvalue weighted by atomic mass is 9.93. The molecule has 0 amide bonds. The predicted molar refractivity (Wildman–Crippen MR) is 84.0 cm³/mol. The number of fused-ring (bicyclic) bond motifs is 1. The van der Waals surface area contributed by atoms with Crippen molar-refractivity contribution in [3.63, 3.8) is 0 Å². The third kappa shape index (κ3) is 3.02. The van der Waals surface area contributed by atoms with Crippen LogP contribution in [0, 0.1) is 6.92 Å². The van der Waals surface area contributed by atoms with E-state index < -0.39 is 0 Å². The Labute approximate surface area is 129 Å². The van der Waals surface area contributed by atoms with Crippen molar-refractivity contribution in [3.05, 3.63) is 69.7 Å². The van der Waals surface area contributed by atoms with E-state index in [2.05, 4.69) is 12.1 Å². The molecular formula is C18H17ClO2. The summed E-state index contributed by atoms with van der Waals surface area (Å²) in [5.74, 6) is 0.0682. The minimum atomic E-state index is -0.150. The standard InChI is InChI=1S/C18H17ClO2/c1-12-6-7-14(10-16(12)19)17(20)11-18-15-5-3-2-4-13(15)8-9-21-18/h2-7,10,18H,8-9,11H2,1H3. The molecule has 108 valence electrons. The van der Waals surface area contributed by atoms with Crippen LogP contribution in [0.3, 0.4) is 0 Å². The van der Waals surface area contributed by atoms with E-state index in [4.69, 9.17) is 16.3 Å². The summed E-state index contributed by atoms with van der Waals surface area (Å²) < 4.78 is 5.80. The minimum Gasteiger partial charge on any atom is -0.373 e. The Balaban J connectivity index is 1.81. The molecule has 0 radical (unpaired) electrons. The van der Waals surface area contributed by atoms with Gasteiger partial charge in [0.05, 0.1) is 12.7 Å². The van der Waals surface area contributed by atoms with Crippen LogP contribution in [0.5, 0.6) is 0 Å². The number of carbonyl (C=O) groups is 1. The maximum Gasteiger partial charge on any atom is 0.165 e. The van der Waals surface area contributed by atoms with Crippen molar-refractivity contribution in [3.8, 4) is 0 Å². The zero-order valence-electron chi connectivity index (χ0n) is 11.9. The summed E-state index contributed by atoms with van der Waals surface area (Å²) in [5, 5.41) is 0.630. The van der Waals surface area contributed by atoms with Crippen LogP contribution >= 0.6 is 11.6 Å². The molecule has 0 aliphatic carbocycles. The van der Waals surface area contributed by atoms with Gasteiger partial charge in [0.2, 0.25) is 0 Å². The first-order valence-corrected chi connectivity index (χ1v) is 7.51. The Morgan fingerprint density at radius 2 is 2.10 bits per heavy atom. The average Bonchev–Trinajstić information content (AvgIpc) is 2.50. The summed E-state index contributed by atoms with van der Waals surface area (Å²) in [6.07, 6.45) is 1.12. The van der Waals surface area contributed by atoms with Crippen LogP contribution in [0.25, 0.3) is 0 Å². The van der Waals surface area contributed by atoms with Gasteiger partial charge in [-0.15, -0.1) is 0 Å². The monoisotopic (exact) mass is 300 g/mol. The highest BCUT2D eigenvalue weighted by Gasteiger charge is 2.23. The molecule has 1 atom stereocenters. The van der Waals surface area contributed by atoms with Gasteiger partial charge in [-0.3, -0.25) is 4.79 Å². The Morgan fingerprint density at radius 1 is 1.29 bits per heavy atom. The molecule has 0 spiro atoms. The average molecular weight is 301 g/mol. The van der Waals surface area contributed by atoms with Gasteiger partial charge >= 0.3 is 0 Å². The molecule has 0 fully saturated rings. The molecule has 21 heavy (non-hydrogen) atoms. The fraction of sp³-hybridized carbons (Fsp3) is 0.278. The first-order valence-electron chi connectivity index (χ1n) is 7.14. The van der Waals surface area contributed by atoms with Crippen LogP contribution in [0.15, 0.2) is 42.5 Å². The van der Waals surface area contributed by atoms with Gasteiger partial charge in [-0.2, -0.15) is 0 Å². The lowest BCUT2D eigenvalue weighted by molar-refractivity contribution is 0.0352. The van der Waals surface area contributed by atoms with E-state index in [1.54, 1.807) is 6.07 Å². The summed E-state index contributed by atoms with van der Waals surface area (Å²) in [6.45, 7) is 2.60. The normalized spacial score (nSPS) is 17.3. The third-order valence-corrected chi connectivity index (χ3v) is 4.36. The van der Waals surface area contributed by atoms with E-state index in [0.717, 1.165) is 17.5 Å². The van der Waals surface area contributed by atoms with Crippen molar-refractivity contribution < 1.29 is 9.53 Å². The smallest absolute Gasteiger partial charge is 0.165 e. The van der Waals surface area contributed by atoms with E-state index in [1.807, 2.05) is 31.2 Å². The largest absolute Gasteiger partial charge is 0.373 e. The number of carbonyl (C=O) groups excluding carboxylic acids is 1. The third-order valence-electron chi connectivity index (χ3n) is 3.96. The highest BCUT2D eigenvalue weighted by atomic mass is 35.5. The zero-order chi connectivity index (χ0) is 14.8. The molecule has 0 saturated carbocycles. The SMILES string of the molecule is Cc1ccc(C(=O)CC2OCCc3ccccc32)cc1Cl. The first-order chi connectivity index (χ1) is 10.1. The van der Waals surface area contributed by atoms with Crippen LogP contribution in [-0.4, -0.2) is 12.4 Å². The van der Waals surface area contributed by atoms with Gasteiger partial charge < -0.3 is 4.74 Å². The molecule has 1 aliphatic heterocycles. The highest BCUT2D eigenvalue weighted by Crippen LogP contribution is 2.31. The predicted octanol–water partition coefficient (Wildman–Crippen LogP) is 4.54. The van der Waals surface area contributed by atoms with Gasteiger partial charge in [-0.1, -0.05) is 48.0 Å². The number of hydrogen-bond acceptors (Lipinski definition) is 2. The van der Waals surface area contributed by atoms with Gasteiger partial charge in [-0.05, 0) is 36.1 Å². The number of benzene rings is 2. The zero-order valence-corrected chi connectivity index (χ0v) is 12.7. The second-order valence-corrected chi connectivity index (χ2v) is 5.81. The van der Waals surface area contributed by atoms with Crippen LogP contribution in [0.4, 0.5) is 0 Å². The molecule has 0 aromatic heterocycles. The number of rotatable bonds is 3. The number of ketones is 1. The van der Waals surface area contributed by atoms with Gasteiger partial charge in [0.1, 0.15) is 0 Å². The second-order valence-electron chi connectivity index (χ2n) is 5.40. The van der Waals surface area contributed by atoms with Crippen molar-refractivity contribution in [2.24, 2.45) is 0 Å². The summed E-state index contributed by atoms with van der Waals surface area (Å²) in [5.41, 5.74) is 4.04. The molecule has 1 heterocycles. The van der Waals surface area contributed by atoms with Crippen molar-refractivity contribution in [2.45, 2.75) is 25.9 Å². The van der Waals surface area contributed by atoms with Gasteiger partial charge in [0, 0.05) is 17.0 Å². The quantitative estimate of drug-likeness (QED) is 0.778. The lowest BCUT2D eigenvalue weighted by Crippen LogP contribution is -2.19. The van der Waals surface area contributed by atoms with Crippen LogP contribution in [0.1, 0.15) is 39.6 Å². The van der Waals surface area contributed by atoms with Gasteiger partial charge in [0.25, 0.3) is 0 Å². The minimum absolute atomic E-state index is 0.0682. The van der Waals surface area contributed by atoms with E-state index in [9.17, 15) is 4.79 Å². The number of halogens is 1. The van der Waals surface area contributed by atoms with Crippen LogP contribution < -0.4 is 0 Å². The van der Waals surface area contributed by atoms with Gasteiger partial charge in [-0.25, -0.2) is 0 Å². The molecular weight excluding hydrogens is 284 g/mol. The van der Waals surface area contributed by atoms with Crippen molar-refractivity contribution in [1.82, 2.24) is 0 Å². The summed E-state index contributed by atoms with van der Waals surface area (Å²) in [6, 6.07) is 13.6. The molecule has 0 N–H and O–H groups in total. The second kappa shape index (κ2) is 6.00. The maximum absolute atomic E-state index is 12.4. The van der Waals surface area contributed by atoms with Crippen LogP contribution in [-0.2, 0) is 11.2 Å². The molecule has 0 bridgehead atoms. The summed E-state index contributed by atoms with van der Waals surface area (Å²) >= 11 is 6.10. The highest BCUT2D eigenvalue weighted by molar-refractivity contribution is 6.31. The van der Waals surface area contributed by atoms with Crippen molar-refractivity contribution in [1.29, 1.82) is 0 Å². The topological polar surface area (TPSA) is 26.3 Å². The Hall–Kier alpha value is -1.64. The molecule has 0 saturated heterocycles. The molecule has 2 aromatic rings. The van der Waals surface area contributed by atoms with Crippen molar-refractivity contribution >= 4 is 17.4 Å². The van der Waals surface area contributed by atoms with Crippen LogP contribution in [0.2, 0.25) is 5.02 Å². The number of aryl methyl sites for hydroxylation is 1. The maximum atomic E-state index is 12.4. The molecule has 3 heteroatoms. The van der Waals surface area contributed by atoms with Crippen molar-refractivity contribution in [2.75, 3.05) is 6.61 Å². The number of Topliss-reactive ketones (excluding diaryl/α,β-unsaturated/α-hetero) is 1. The Bertz CT molecular complexity index is 679. The fourth-order valence-corrected chi connectivity index (χ4v) is 2.88. The first kappa shape index (κ1) is 14.3.